The van der Waals surface area contributed by atoms with Crippen molar-refractivity contribution in [2.24, 2.45) is 0 Å². The van der Waals surface area contributed by atoms with E-state index in [-0.39, 0.29) is 12.1 Å². The van der Waals surface area contributed by atoms with Gasteiger partial charge >= 0.3 is 6.03 Å². The molecule has 2 N–H and O–H groups in total. The molecule has 0 radical (unpaired) electrons. The van der Waals surface area contributed by atoms with Crippen LogP contribution in [0.15, 0.2) is 41.0 Å². The zero-order valence-corrected chi connectivity index (χ0v) is 16.0. The quantitative estimate of drug-likeness (QED) is 0.674. The largest absolute Gasteiger partial charge is 0.467 e. The Bertz CT molecular complexity index is 922. The molecule has 1 aromatic carbocycles. The van der Waals surface area contributed by atoms with Gasteiger partial charge in [-0.05, 0) is 49.1 Å². The highest BCUT2D eigenvalue weighted by Gasteiger charge is 2.31. The second-order valence-electron chi connectivity index (χ2n) is 6.86. The molecule has 7 heteroatoms. The van der Waals surface area contributed by atoms with E-state index in [1.54, 1.807) is 23.3 Å². The number of urea groups is 1. The van der Waals surface area contributed by atoms with Crippen molar-refractivity contribution >= 4 is 32.7 Å². The second-order valence-corrected chi connectivity index (χ2v) is 7.89. The van der Waals surface area contributed by atoms with E-state index < -0.39 is 6.10 Å². The van der Waals surface area contributed by atoms with Crippen LogP contribution >= 0.6 is 11.3 Å². The number of aliphatic hydroxyl groups is 1. The van der Waals surface area contributed by atoms with E-state index in [2.05, 4.69) is 29.4 Å². The van der Waals surface area contributed by atoms with Crippen molar-refractivity contribution in [2.75, 3.05) is 11.9 Å². The monoisotopic (exact) mass is 385 g/mol. The van der Waals surface area contributed by atoms with Crippen LogP contribution in [0.1, 0.15) is 43.6 Å². The van der Waals surface area contributed by atoms with Crippen LogP contribution in [-0.4, -0.2) is 33.6 Å². The van der Waals surface area contributed by atoms with Gasteiger partial charge in [0.25, 0.3) is 0 Å². The van der Waals surface area contributed by atoms with Crippen LogP contribution in [0, 0.1) is 0 Å². The molecule has 3 aromatic rings. The molecule has 1 fully saturated rings. The summed E-state index contributed by atoms with van der Waals surface area (Å²) < 4.78 is 6.35. The molecule has 1 aliphatic rings. The number of hydrogen-bond donors (Lipinski definition) is 2. The normalized spacial score (nSPS) is 18.1. The number of carbonyl (C=O) groups excluding carboxylic acids is 1. The maximum atomic E-state index is 12.8. The number of nitrogens with one attached hydrogen (secondary N) is 1. The first kappa shape index (κ1) is 18.0. The average molecular weight is 385 g/mol. The summed E-state index contributed by atoms with van der Waals surface area (Å²) in [6.45, 7) is 2.81. The first-order chi connectivity index (χ1) is 13.1. The molecule has 0 bridgehead atoms. The Morgan fingerprint density at radius 2 is 2.37 bits per heavy atom. The number of benzene rings is 1. The lowest BCUT2D eigenvalue weighted by Gasteiger charge is -2.25. The molecule has 2 aromatic heterocycles. The Morgan fingerprint density at radius 3 is 3.15 bits per heavy atom. The molecule has 4 rings (SSSR count). The fraction of sp³-hybridized carbons (Fsp3) is 0.400. The number of aryl methyl sites for hydroxylation is 1. The van der Waals surface area contributed by atoms with E-state index in [1.165, 1.54) is 16.9 Å². The van der Waals surface area contributed by atoms with Gasteiger partial charge in [0.15, 0.2) is 5.13 Å². The lowest BCUT2D eigenvalue weighted by Crippen LogP contribution is -2.39. The molecule has 142 valence electrons. The fourth-order valence-electron chi connectivity index (χ4n) is 3.61. The summed E-state index contributed by atoms with van der Waals surface area (Å²) in [5.41, 5.74) is 2.16. The van der Waals surface area contributed by atoms with Gasteiger partial charge in [0.2, 0.25) is 0 Å². The third-order valence-electron chi connectivity index (χ3n) is 5.08. The molecule has 3 heterocycles. The van der Waals surface area contributed by atoms with E-state index >= 15 is 0 Å². The maximum Gasteiger partial charge on any atom is 0.323 e. The van der Waals surface area contributed by atoms with Gasteiger partial charge < -0.3 is 14.4 Å². The number of aliphatic hydroxyl groups excluding tert-OH is 1. The lowest BCUT2D eigenvalue weighted by atomic mass is 10.1. The van der Waals surface area contributed by atoms with Crippen LogP contribution in [0.3, 0.4) is 0 Å². The number of thiazole rings is 1. The first-order valence-electron chi connectivity index (χ1n) is 9.32. The van der Waals surface area contributed by atoms with Crippen molar-refractivity contribution < 1.29 is 14.3 Å². The van der Waals surface area contributed by atoms with Crippen LogP contribution < -0.4 is 5.32 Å². The zero-order valence-electron chi connectivity index (χ0n) is 15.2. The van der Waals surface area contributed by atoms with Gasteiger partial charge in [-0.2, -0.15) is 0 Å². The Kier molecular flexibility index (Phi) is 5.13. The Labute approximate surface area is 161 Å². The van der Waals surface area contributed by atoms with Crippen molar-refractivity contribution in [3.05, 3.63) is 47.9 Å². The number of hydrogen-bond acceptors (Lipinski definition) is 5. The van der Waals surface area contributed by atoms with E-state index in [9.17, 15) is 9.90 Å². The number of anilines is 1. The average Bonchev–Trinajstić information content (AvgIpc) is 3.40. The first-order valence-corrected chi connectivity index (χ1v) is 10.1. The fourth-order valence-corrected chi connectivity index (χ4v) is 4.53. The molecule has 1 saturated heterocycles. The van der Waals surface area contributed by atoms with Crippen LogP contribution in [0.5, 0.6) is 0 Å². The van der Waals surface area contributed by atoms with Crippen LogP contribution in [0.4, 0.5) is 9.93 Å². The van der Waals surface area contributed by atoms with Crippen molar-refractivity contribution in [3.63, 3.8) is 0 Å². The van der Waals surface area contributed by atoms with Crippen molar-refractivity contribution in [1.82, 2.24) is 9.88 Å². The number of aromatic nitrogens is 1. The molecule has 2 amide bonds. The van der Waals surface area contributed by atoms with Gasteiger partial charge in [-0.25, -0.2) is 9.78 Å². The molecule has 0 saturated carbocycles. The summed E-state index contributed by atoms with van der Waals surface area (Å²) in [5.74, 6) is 0.542. The highest BCUT2D eigenvalue weighted by atomic mass is 32.1. The summed E-state index contributed by atoms with van der Waals surface area (Å²) in [6, 6.07) is 9.55. The minimum Gasteiger partial charge on any atom is -0.467 e. The number of nitrogens with zero attached hydrogens (tertiary/aromatic N) is 2. The summed E-state index contributed by atoms with van der Waals surface area (Å²) in [6.07, 6.45) is 4.11. The van der Waals surface area contributed by atoms with Crippen LogP contribution in [0.25, 0.3) is 10.2 Å². The van der Waals surface area contributed by atoms with Gasteiger partial charge in [0.05, 0.1) is 16.5 Å². The van der Waals surface area contributed by atoms with E-state index in [1.807, 2.05) is 6.07 Å². The van der Waals surface area contributed by atoms with Crippen LogP contribution in [0.2, 0.25) is 0 Å². The molecular formula is C20H23N3O3S. The van der Waals surface area contributed by atoms with Gasteiger partial charge in [-0.3, -0.25) is 5.32 Å². The number of carbonyl (C=O) groups is 1. The van der Waals surface area contributed by atoms with Gasteiger partial charge in [0, 0.05) is 19.0 Å². The van der Waals surface area contributed by atoms with Crippen molar-refractivity contribution in [3.8, 4) is 0 Å². The standard InChI is InChI=1S/C20H23N3O3S/c1-2-13-7-8-15-18(11-13)27-19(21-15)22-20(25)23-9-3-5-14(23)12-16(24)17-6-4-10-26-17/h4,6-8,10-11,14,16,24H,2-3,5,9,12H2,1H3,(H,21,22,25)/t14-,16+/m1/s1. The maximum absolute atomic E-state index is 12.8. The second kappa shape index (κ2) is 7.70. The molecule has 2 atom stereocenters. The Hall–Kier alpha value is -2.38. The Balaban J connectivity index is 1.43. The molecule has 27 heavy (non-hydrogen) atoms. The number of likely N-dealkylation sites (tertiary alicyclic amines) is 1. The lowest BCUT2D eigenvalue weighted by molar-refractivity contribution is 0.110. The minimum absolute atomic E-state index is 0.00817. The zero-order chi connectivity index (χ0) is 18.8. The predicted octanol–water partition coefficient (Wildman–Crippen LogP) is 4.57. The van der Waals surface area contributed by atoms with Crippen molar-refractivity contribution in [1.29, 1.82) is 0 Å². The number of amides is 2. The van der Waals surface area contributed by atoms with Gasteiger partial charge in [-0.15, -0.1) is 0 Å². The highest BCUT2D eigenvalue weighted by molar-refractivity contribution is 7.22. The van der Waals surface area contributed by atoms with E-state index in [0.717, 1.165) is 29.5 Å². The van der Waals surface area contributed by atoms with Gasteiger partial charge in [0.1, 0.15) is 11.9 Å². The molecule has 1 aliphatic heterocycles. The summed E-state index contributed by atoms with van der Waals surface area (Å²) in [4.78, 5) is 19.1. The SMILES string of the molecule is CCc1ccc2nc(NC(=O)N3CCC[C@@H]3C[C@H](O)c3ccco3)sc2c1. The summed E-state index contributed by atoms with van der Waals surface area (Å²) in [5, 5.41) is 13.9. The van der Waals surface area contributed by atoms with Crippen LogP contribution in [-0.2, 0) is 6.42 Å². The van der Waals surface area contributed by atoms with Crippen molar-refractivity contribution in [2.45, 2.75) is 44.8 Å². The Morgan fingerprint density at radius 1 is 1.48 bits per heavy atom. The van der Waals surface area contributed by atoms with Gasteiger partial charge in [-0.1, -0.05) is 24.3 Å². The number of furan rings is 1. The number of fused-ring (bicyclic) bond motifs is 1. The number of rotatable bonds is 5. The smallest absolute Gasteiger partial charge is 0.323 e. The molecule has 6 nitrogen and oxygen atoms in total. The molecule has 0 spiro atoms. The molecular weight excluding hydrogens is 362 g/mol. The third-order valence-corrected chi connectivity index (χ3v) is 6.01. The summed E-state index contributed by atoms with van der Waals surface area (Å²) >= 11 is 1.49. The molecule has 0 unspecified atom stereocenters. The molecule has 0 aliphatic carbocycles. The van der Waals surface area contributed by atoms with E-state index in [0.29, 0.717) is 23.9 Å². The predicted molar refractivity (Wildman–Crippen MR) is 106 cm³/mol. The highest BCUT2D eigenvalue weighted by Crippen LogP contribution is 2.30. The third kappa shape index (κ3) is 3.84. The van der Waals surface area contributed by atoms with E-state index in [4.69, 9.17) is 4.42 Å². The topological polar surface area (TPSA) is 78.6 Å². The summed E-state index contributed by atoms with van der Waals surface area (Å²) in [7, 11) is 0. The minimum atomic E-state index is -0.701.